The fraction of sp³-hybridized carbons (Fsp3) is 0.400. The van der Waals surface area contributed by atoms with Crippen LogP contribution in [0.2, 0.25) is 0 Å². The van der Waals surface area contributed by atoms with Gasteiger partial charge in [-0.3, -0.25) is 4.98 Å². The molecule has 0 aliphatic carbocycles. The lowest BCUT2D eigenvalue weighted by atomic mass is 10.2. The molecule has 128 valence electrons. The zero-order valence-electron chi connectivity index (χ0n) is 13.3. The normalized spacial score (nSPS) is 19.1. The van der Waals surface area contributed by atoms with E-state index in [9.17, 15) is 8.42 Å². The van der Waals surface area contributed by atoms with Crippen LogP contribution >= 0.6 is 0 Å². The molecule has 1 atom stereocenters. The van der Waals surface area contributed by atoms with Crippen LogP contribution in [0.4, 0.5) is 5.95 Å². The minimum Gasteiger partial charge on any atom is -0.374 e. The molecule has 0 saturated carbocycles. The van der Waals surface area contributed by atoms with E-state index < -0.39 is 10.0 Å². The average Bonchev–Trinajstić information content (AvgIpc) is 2.61. The van der Waals surface area contributed by atoms with Gasteiger partial charge in [0.1, 0.15) is 0 Å². The van der Waals surface area contributed by atoms with E-state index in [2.05, 4.69) is 20.3 Å². The summed E-state index contributed by atoms with van der Waals surface area (Å²) in [4.78, 5) is 12.6. The van der Waals surface area contributed by atoms with Gasteiger partial charge in [0.2, 0.25) is 16.0 Å². The standard InChI is InChI=1S/C15H19N5O3S/c1-24(21,22)20-8-9-23-13(11-20)10-18-15-17-7-4-14(19-15)12-2-5-16-6-3-12/h2-7,13H,8-11H2,1H3,(H,17,18,19)/t13-/m1/s1. The zero-order valence-corrected chi connectivity index (χ0v) is 14.1. The summed E-state index contributed by atoms with van der Waals surface area (Å²) in [5.74, 6) is 0.476. The van der Waals surface area contributed by atoms with E-state index in [0.717, 1.165) is 11.3 Å². The minimum atomic E-state index is -3.20. The molecule has 9 heteroatoms. The number of sulfonamides is 1. The van der Waals surface area contributed by atoms with E-state index in [1.165, 1.54) is 10.6 Å². The zero-order chi connectivity index (χ0) is 17.0. The smallest absolute Gasteiger partial charge is 0.223 e. The maximum atomic E-state index is 11.6. The number of aromatic nitrogens is 3. The predicted molar refractivity (Wildman–Crippen MR) is 89.9 cm³/mol. The Balaban J connectivity index is 1.63. The van der Waals surface area contributed by atoms with Crippen LogP contribution in [0, 0.1) is 0 Å². The van der Waals surface area contributed by atoms with E-state index in [4.69, 9.17) is 4.74 Å². The third-order valence-electron chi connectivity index (χ3n) is 3.69. The fourth-order valence-corrected chi connectivity index (χ4v) is 3.29. The summed E-state index contributed by atoms with van der Waals surface area (Å²) in [6, 6.07) is 5.57. The molecule has 0 radical (unpaired) electrons. The quantitative estimate of drug-likeness (QED) is 0.844. The maximum absolute atomic E-state index is 11.6. The summed E-state index contributed by atoms with van der Waals surface area (Å²) in [5.41, 5.74) is 1.74. The van der Waals surface area contributed by atoms with Gasteiger partial charge in [0.25, 0.3) is 0 Å². The van der Waals surface area contributed by atoms with Gasteiger partial charge in [-0.15, -0.1) is 0 Å². The molecule has 0 spiro atoms. The maximum Gasteiger partial charge on any atom is 0.223 e. The number of hydrogen-bond donors (Lipinski definition) is 1. The van der Waals surface area contributed by atoms with Crippen molar-refractivity contribution in [2.45, 2.75) is 6.10 Å². The number of morpholine rings is 1. The average molecular weight is 349 g/mol. The third-order valence-corrected chi connectivity index (χ3v) is 4.96. The summed E-state index contributed by atoms with van der Waals surface area (Å²) in [6.45, 7) is 1.54. The number of ether oxygens (including phenoxy) is 1. The van der Waals surface area contributed by atoms with Gasteiger partial charge in [0, 0.05) is 43.8 Å². The van der Waals surface area contributed by atoms with Crippen LogP contribution in [0.1, 0.15) is 0 Å². The van der Waals surface area contributed by atoms with E-state index in [0.29, 0.717) is 32.2 Å². The van der Waals surface area contributed by atoms with Crippen LogP contribution in [-0.4, -0.2) is 66.3 Å². The first-order valence-corrected chi connectivity index (χ1v) is 9.41. The van der Waals surface area contributed by atoms with Crippen molar-refractivity contribution < 1.29 is 13.2 Å². The molecule has 2 aromatic rings. The Labute approximate surface area is 141 Å². The lowest BCUT2D eigenvalue weighted by molar-refractivity contribution is 0.00696. The molecule has 0 aromatic carbocycles. The second-order valence-electron chi connectivity index (χ2n) is 5.50. The fourth-order valence-electron chi connectivity index (χ4n) is 2.45. The van der Waals surface area contributed by atoms with Gasteiger partial charge in [-0.05, 0) is 18.2 Å². The largest absolute Gasteiger partial charge is 0.374 e. The monoisotopic (exact) mass is 349 g/mol. The van der Waals surface area contributed by atoms with Crippen molar-refractivity contribution in [3.8, 4) is 11.3 Å². The lowest BCUT2D eigenvalue weighted by Crippen LogP contribution is -2.47. The number of pyridine rings is 1. The van der Waals surface area contributed by atoms with Crippen molar-refractivity contribution in [2.24, 2.45) is 0 Å². The van der Waals surface area contributed by atoms with Gasteiger partial charge >= 0.3 is 0 Å². The van der Waals surface area contributed by atoms with Gasteiger partial charge in [0.15, 0.2) is 0 Å². The van der Waals surface area contributed by atoms with Gasteiger partial charge in [-0.2, -0.15) is 4.31 Å². The Morgan fingerprint density at radius 1 is 1.29 bits per heavy atom. The van der Waals surface area contributed by atoms with Crippen molar-refractivity contribution in [1.82, 2.24) is 19.3 Å². The number of rotatable bonds is 5. The van der Waals surface area contributed by atoms with Gasteiger partial charge in [-0.25, -0.2) is 18.4 Å². The summed E-state index contributed by atoms with van der Waals surface area (Å²) in [5, 5.41) is 3.11. The molecular weight excluding hydrogens is 330 g/mol. The highest BCUT2D eigenvalue weighted by Crippen LogP contribution is 2.16. The Bertz CT molecular complexity index is 785. The van der Waals surface area contributed by atoms with E-state index in [1.54, 1.807) is 18.6 Å². The molecule has 1 saturated heterocycles. The molecule has 0 amide bonds. The molecule has 1 N–H and O–H groups in total. The molecule has 24 heavy (non-hydrogen) atoms. The van der Waals surface area contributed by atoms with Crippen LogP contribution in [0.3, 0.4) is 0 Å². The van der Waals surface area contributed by atoms with Crippen LogP contribution in [-0.2, 0) is 14.8 Å². The molecule has 1 aliphatic rings. The first-order valence-electron chi connectivity index (χ1n) is 7.56. The van der Waals surface area contributed by atoms with Crippen LogP contribution < -0.4 is 5.32 Å². The predicted octanol–water partition coefficient (Wildman–Crippen LogP) is 0.611. The number of hydrogen-bond acceptors (Lipinski definition) is 7. The third kappa shape index (κ3) is 4.25. The second kappa shape index (κ2) is 7.20. The van der Waals surface area contributed by atoms with Crippen LogP contribution in [0.15, 0.2) is 36.8 Å². The first-order chi connectivity index (χ1) is 11.5. The summed E-state index contributed by atoms with van der Waals surface area (Å²) in [6.07, 6.45) is 6.07. The Kier molecular flexibility index (Phi) is 5.03. The van der Waals surface area contributed by atoms with Crippen LogP contribution in [0.5, 0.6) is 0 Å². The van der Waals surface area contributed by atoms with E-state index >= 15 is 0 Å². The number of anilines is 1. The highest BCUT2D eigenvalue weighted by molar-refractivity contribution is 7.88. The van der Waals surface area contributed by atoms with Crippen molar-refractivity contribution in [3.05, 3.63) is 36.8 Å². The first kappa shape index (κ1) is 16.7. The van der Waals surface area contributed by atoms with Gasteiger partial charge in [-0.1, -0.05) is 0 Å². The SMILES string of the molecule is CS(=O)(=O)N1CCO[C@H](CNc2nccc(-c3ccncc3)n2)C1. The summed E-state index contributed by atoms with van der Waals surface area (Å²) in [7, 11) is -3.20. The number of nitrogens with one attached hydrogen (secondary N) is 1. The van der Waals surface area contributed by atoms with Gasteiger partial charge in [0.05, 0.1) is 24.7 Å². The van der Waals surface area contributed by atoms with Crippen molar-refractivity contribution >= 4 is 16.0 Å². The molecule has 1 fully saturated rings. The number of nitrogens with zero attached hydrogens (tertiary/aromatic N) is 4. The Morgan fingerprint density at radius 3 is 2.83 bits per heavy atom. The molecule has 2 aromatic heterocycles. The topological polar surface area (TPSA) is 97.3 Å². The summed E-state index contributed by atoms with van der Waals surface area (Å²) < 4.78 is 30.3. The molecule has 8 nitrogen and oxygen atoms in total. The van der Waals surface area contributed by atoms with E-state index in [-0.39, 0.29) is 6.10 Å². The van der Waals surface area contributed by atoms with Crippen molar-refractivity contribution in [1.29, 1.82) is 0 Å². The lowest BCUT2D eigenvalue weighted by Gasteiger charge is -2.31. The highest BCUT2D eigenvalue weighted by Gasteiger charge is 2.26. The van der Waals surface area contributed by atoms with Crippen molar-refractivity contribution in [2.75, 3.05) is 37.8 Å². The van der Waals surface area contributed by atoms with E-state index in [1.807, 2.05) is 18.2 Å². The molecule has 1 aliphatic heterocycles. The van der Waals surface area contributed by atoms with Crippen LogP contribution in [0.25, 0.3) is 11.3 Å². The highest BCUT2D eigenvalue weighted by atomic mass is 32.2. The molecule has 0 unspecified atom stereocenters. The Hall–Kier alpha value is -2.10. The molecule has 3 rings (SSSR count). The molecular formula is C15H19N5O3S. The molecule has 3 heterocycles. The summed E-state index contributed by atoms with van der Waals surface area (Å²) >= 11 is 0. The Morgan fingerprint density at radius 2 is 2.08 bits per heavy atom. The molecule has 0 bridgehead atoms. The van der Waals surface area contributed by atoms with Gasteiger partial charge < -0.3 is 10.1 Å². The van der Waals surface area contributed by atoms with Crippen molar-refractivity contribution in [3.63, 3.8) is 0 Å². The minimum absolute atomic E-state index is 0.235. The second-order valence-corrected chi connectivity index (χ2v) is 7.48.